The van der Waals surface area contributed by atoms with Crippen molar-refractivity contribution < 1.29 is 4.79 Å². The van der Waals surface area contributed by atoms with E-state index in [4.69, 9.17) is 5.73 Å². The van der Waals surface area contributed by atoms with Gasteiger partial charge in [-0.15, -0.1) is 0 Å². The van der Waals surface area contributed by atoms with Crippen LogP contribution in [-0.4, -0.2) is 5.78 Å². The summed E-state index contributed by atoms with van der Waals surface area (Å²) in [6.45, 7) is 6.39. The highest BCUT2D eigenvalue weighted by Gasteiger charge is 2.20. The van der Waals surface area contributed by atoms with E-state index in [2.05, 4.69) is 0 Å². The maximum Gasteiger partial charge on any atom is 0.142 e. The third kappa shape index (κ3) is 3.48. The Morgan fingerprint density at radius 2 is 1.60 bits per heavy atom. The van der Waals surface area contributed by atoms with Gasteiger partial charge in [-0.05, 0) is 11.1 Å². The van der Waals surface area contributed by atoms with Gasteiger partial charge in [0.1, 0.15) is 5.78 Å². The fourth-order valence-corrected chi connectivity index (χ4v) is 1.24. The first kappa shape index (κ1) is 11.9. The van der Waals surface area contributed by atoms with Crippen LogP contribution in [0.25, 0.3) is 0 Å². The van der Waals surface area contributed by atoms with Crippen LogP contribution in [0.1, 0.15) is 31.9 Å². The molecule has 0 unspecified atom stereocenters. The normalized spacial score (nSPS) is 11.5. The lowest BCUT2D eigenvalue weighted by Gasteiger charge is -2.16. The van der Waals surface area contributed by atoms with E-state index in [1.165, 1.54) is 0 Å². The molecule has 0 fully saturated rings. The molecule has 0 saturated heterocycles. The summed E-state index contributed by atoms with van der Waals surface area (Å²) in [6, 6.07) is 7.91. The summed E-state index contributed by atoms with van der Waals surface area (Å²) in [5.41, 5.74) is 7.41. The van der Waals surface area contributed by atoms with Crippen LogP contribution in [0.4, 0.5) is 0 Å². The summed E-state index contributed by atoms with van der Waals surface area (Å²) in [6.07, 6.45) is 0.508. The Bertz CT molecular complexity index is 333. The van der Waals surface area contributed by atoms with Gasteiger partial charge in [0.05, 0.1) is 0 Å². The summed E-state index contributed by atoms with van der Waals surface area (Å²) in [7, 11) is 0. The molecule has 0 bridgehead atoms. The maximum absolute atomic E-state index is 11.8. The molecule has 1 aromatic carbocycles. The van der Waals surface area contributed by atoms with Crippen molar-refractivity contribution in [3.05, 3.63) is 35.4 Å². The number of carbonyl (C=O) groups is 1. The van der Waals surface area contributed by atoms with Gasteiger partial charge in [0.15, 0.2) is 0 Å². The number of hydrogen-bond acceptors (Lipinski definition) is 2. The molecule has 15 heavy (non-hydrogen) atoms. The molecule has 2 nitrogen and oxygen atoms in total. The van der Waals surface area contributed by atoms with Crippen LogP contribution < -0.4 is 5.73 Å². The van der Waals surface area contributed by atoms with E-state index in [9.17, 15) is 4.79 Å². The number of Topliss-reactive ketones (excluding diaryl/α,β-unsaturated/α-hetero) is 1. The van der Waals surface area contributed by atoms with Gasteiger partial charge in [-0.1, -0.05) is 45.0 Å². The molecule has 82 valence electrons. The van der Waals surface area contributed by atoms with E-state index in [-0.39, 0.29) is 11.2 Å². The molecule has 2 N–H and O–H groups in total. The number of carbonyl (C=O) groups excluding carboxylic acids is 1. The maximum atomic E-state index is 11.8. The van der Waals surface area contributed by atoms with E-state index in [1.54, 1.807) is 0 Å². The molecule has 0 aliphatic heterocycles. The summed E-state index contributed by atoms with van der Waals surface area (Å²) >= 11 is 0. The highest BCUT2D eigenvalue weighted by molar-refractivity contribution is 5.85. The molecule has 0 aromatic heterocycles. The van der Waals surface area contributed by atoms with E-state index in [0.29, 0.717) is 13.0 Å². The van der Waals surface area contributed by atoms with Crippen LogP contribution in [0.15, 0.2) is 24.3 Å². The molecule has 0 heterocycles. The summed E-state index contributed by atoms with van der Waals surface area (Å²) in [5, 5.41) is 0. The fourth-order valence-electron chi connectivity index (χ4n) is 1.24. The van der Waals surface area contributed by atoms with Crippen molar-refractivity contribution in [1.82, 2.24) is 0 Å². The Hall–Kier alpha value is -1.15. The number of ketones is 1. The van der Waals surface area contributed by atoms with Crippen LogP contribution >= 0.6 is 0 Å². The standard InChI is InChI=1S/C13H19NO/c1-13(2,3)12(15)8-10-4-6-11(9-14)7-5-10/h4-7H,8-9,14H2,1-3H3. The third-order valence-electron chi connectivity index (χ3n) is 2.46. The first-order chi connectivity index (χ1) is 6.93. The van der Waals surface area contributed by atoms with E-state index in [1.807, 2.05) is 45.0 Å². The molecule has 0 spiro atoms. The molecule has 1 rings (SSSR count). The number of benzene rings is 1. The summed E-state index contributed by atoms with van der Waals surface area (Å²) < 4.78 is 0. The van der Waals surface area contributed by atoms with Gasteiger partial charge in [0, 0.05) is 18.4 Å². The van der Waals surface area contributed by atoms with Crippen LogP contribution in [-0.2, 0) is 17.8 Å². The van der Waals surface area contributed by atoms with Gasteiger partial charge in [-0.25, -0.2) is 0 Å². The van der Waals surface area contributed by atoms with Crippen molar-refractivity contribution in [1.29, 1.82) is 0 Å². The van der Waals surface area contributed by atoms with E-state index >= 15 is 0 Å². The topological polar surface area (TPSA) is 43.1 Å². The molecule has 0 amide bonds. The quantitative estimate of drug-likeness (QED) is 0.822. The van der Waals surface area contributed by atoms with Gasteiger partial charge < -0.3 is 5.73 Å². The van der Waals surface area contributed by atoms with Gasteiger partial charge in [0.25, 0.3) is 0 Å². The lowest BCUT2D eigenvalue weighted by molar-refractivity contribution is -0.125. The zero-order valence-electron chi connectivity index (χ0n) is 9.71. The average molecular weight is 205 g/mol. The molecule has 0 aliphatic rings. The van der Waals surface area contributed by atoms with Crippen molar-refractivity contribution in [2.75, 3.05) is 0 Å². The SMILES string of the molecule is CC(C)(C)C(=O)Cc1ccc(CN)cc1. The molecule has 0 saturated carbocycles. The second-order valence-electron chi connectivity index (χ2n) is 4.87. The van der Waals surface area contributed by atoms with Crippen LogP contribution in [0.5, 0.6) is 0 Å². The summed E-state index contributed by atoms with van der Waals surface area (Å²) in [4.78, 5) is 11.8. The van der Waals surface area contributed by atoms with Crippen LogP contribution in [0.2, 0.25) is 0 Å². The first-order valence-electron chi connectivity index (χ1n) is 5.24. The van der Waals surface area contributed by atoms with Crippen molar-refractivity contribution >= 4 is 5.78 Å². The van der Waals surface area contributed by atoms with E-state index < -0.39 is 0 Å². The van der Waals surface area contributed by atoms with Gasteiger partial charge >= 0.3 is 0 Å². The highest BCUT2D eigenvalue weighted by Crippen LogP contribution is 2.17. The van der Waals surface area contributed by atoms with E-state index in [0.717, 1.165) is 11.1 Å². The van der Waals surface area contributed by atoms with Crippen molar-refractivity contribution in [2.45, 2.75) is 33.7 Å². The van der Waals surface area contributed by atoms with Crippen molar-refractivity contribution in [3.63, 3.8) is 0 Å². The minimum absolute atomic E-state index is 0.257. The second-order valence-corrected chi connectivity index (χ2v) is 4.87. The fraction of sp³-hybridized carbons (Fsp3) is 0.462. The molecule has 0 aliphatic carbocycles. The molecular weight excluding hydrogens is 186 g/mol. The van der Waals surface area contributed by atoms with Gasteiger partial charge in [-0.2, -0.15) is 0 Å². The van der Waals surface area contributed by atoms with Crippen molar-refractivity contribution in [2.24, 2.45) is 11.1 Å². The Labute approximate surface area is 91.5 Å². The lowest BCUT2D eigenvalue weighted by Crippen LogP contribution is -2.22. The molecule has 0 atom stereocenters. The Kier molecular flexibility index (Phi) is 3.64. The number of nitrogens with two attached hydrogens (primary N) is 1. The minimum atomic E-state index is -0.257. The molecule has 1 aromatic rings. The predicted octanol–water partition coefficient (Wildman–Crippen LogP) is 2.30. The Balaban J connectivity index is 2.70. The highest BCUT2D eigenvalue weighted by atomic mass is 16.1. The smallest absolute Gasteiger partial charge is 0.142 e. The number of hydrogen-bond donors (Lipinski definition) is 1. The third-order valence-corrected chi connectivity index (χ3v) is 2.46. The number of rotatable bonds is 3. The van der Waals surface area contributed by atoms with Gasteiger partial charge in [0.2, 0.25) is 0 Å². The largest absolute Gasteiger partial charge is 0.326 e. The van der Waals surface area contributed by atoms with Gasteiger partial charge in [-0.3, -0.25) is 4.79 Å². The Morgan fingerprint density at radius 3 is 2.00 bits per heavy atom. The second kappa shape index (κ2) is 4.58. The van der Waals surface area contributed by atoms with Crippen LogP contribution in [0.3, 0.4) is 0 Å². The van der Waals surface area contributed by atoms with Crippen molar-refractivity contribution in [3.8, 4) is 0 Å². The van der Waals surface area contributed by atoms with Crippen LogP contribution in [0, 0.1) is 5.41 Å². The first-order valence-corrected chi connectivity index (χ1v) is 5.24. The minimum Gasteiger partial charge on any atom is -0.326 e. The monoisotopic (exact) mass is 205 g/mol. The zero-order valence-corrected chi connectivity index (χ0v) is 9.71. The Morgan fingerprint density at radius 1 is 1.13 bits per heavy atom. The average Bonchev–Trinajstić information content (AvgIpc) is 2.17. The molecule has 0 radical (unpaired) electrons. The zero-order chi connectivity index (χ0) is 11.5. The molecule has 2 heteroatoms. The predicted molar refractivity (Wildman–Crippen MR) is 62.5 cm³/mol. The molecular formula is C13H19NO. The summed E-state index contributed by atoms with van der Waals surface area (Å²) in [5.74, 6) is 0.267. The lowest BCUT2D eigenvalue weighted by atomic mass is 9.87.